The van der Waals surface area contributed by atoms with Gasteiger partial charge in [0.05, 0.1) is 19.1 Å². The molecular weight excluding hydrogens is 345 g/mol. The fourth-order valence-corrected chi connectivity index (χ4v) is 2.61. The molecule has 148 valence electrons. The van der Waals surface area contributed by atoms with Crippen molar-refractivity contribution < 1.29 is 23.0 Å². The van der Waals surface area contributed by atoms with Gasteiger partial charge in [0.25, 0.3) is 0 Å². The van der Waals surface area contributed by atoms with Crippen molar-refractivity contribution in [3.63, 3.8) is 0 Å². The molecular formula is C19H29F3N2O2. The van der Waals surface area contributed by atoms with Gasteiger partial charge in [-0.15, -0.1) is 0 Å². The van der Waals surface area contributed by atoms with E-state index in [1.165, 1.54) is 19.2 Å². The third kappa shape index (κ3) is 5.13. The summed E-state index contributed by atoms with van der Waals surface area (Å²) in [5, 5.41) is 10.6. The van der Waals surface area contributed by atoms with Crippen molar-refractivity contribution >= 4 is 12.0 Å². The summed E-state index contributed by atoms with van der Waals surface area (Å²) >= 11 is 0. The number of methoxy groups -OCH3 is 1. The number of aliphatic imine (C=N–C) groups is 1. The van der Waals surface area contributed by atoms with Crippen molar-refractivity contribution in [2.45, 2.75) is 58.2 Å². The Balaban J connectivity index is 3.39. The molecule has 1 N–H and O–H groups in total. The van der Waals surface area contributed by atoms with Gasteiger partial charge in [0.15, 0.2) is 5.60 Å². The summed E-state index contributed by atoms with van der Waals surface area (Å²) in [6, 6.07) is 2.78. The highest BCUT2D eigenvalue weighted by Crippen LogP contribution is 2.47. The predicted molar refractivity (Wildman–Crippen MR) is 98.3 cm³/mol. The summed E-state index contributed by atoms with van der Waals surface area (Å²) in [6.07, 6.45) is -1.93. The zero-order chi connectivity index (χ0) is 20.0. The first-order valence-corrected chi connectivity index (χ1v) is 8.83. The fourth-order valence-electron chi connectivity index (χ4n) is 2.61. The molecule has 7 heteroatoms. The lowest BCUT2D eigenvalue weighted by Crippen LogP contribution is -2.42. The molecule has 1 aromatic carbocycles. The van der Waals surface area contributed by atoms with Crippen LogP contribution in [0.3, 0.4) is 0 Å². The zero-order valence-corrected chi connectivity index (χ0v) is 16.2. The Hall–Kier alpha value is -1.76. The number of rotatable bonds is 9. The predicted octanol–water partition coefficient (Wildman–Crippen LogP) is 4.95. The number of ether oxygens (including phenoxy) is 1. The molecule has 0 bridgehead atoms. The van der Waals surface area contributed by atoms with Gasteiger partial charge in [-0.2, -0.15) is 13.2 Å². The maximum atomic E-state index is 13.7. The summed E-state index contributed by atoms with van der Waals surface area (Å²) in [4.78, 5) is 6.15. The molecule has 0 aliphatic rings. The van der Waals surface area contributed by atoms with Crippen molar-refractivity contribution in [3.05, 3.63) is 23.3 Å². The van der Waals surface area contributed by atoms with Crippen LogP contribution < -0.4 is 4.74 Å². The highest BCUT2D eigenvalue weighted by molar-refractivity contribution is 5.65. The van der Waals surface area contributed by atoms with Crippen LogP contribution in [0.25, 0.3) is 0 Å². The molecule has 0 saturated carbocycles. The molecule has 0 aliphatic heterocycles. The highest BCUT2D eigenvalue weighted by atomic mass is 19.4. The molecule has 26 heavy (non-hydrogen) atoms. The number of halogens is 3. The molecule has 0 saturated heterocycles. The first kappa shape index (κ1) is 22.3. The van der Waals surface area contributed by atoms with Crippen LogP contribution in [0.5, 0.6) is 5.75 Å². The van der Waals surface area contributed by atoms with E-state index in [0.717, 1.165) is 13.0 Å². The van der Waals surface area contributed by atoms with Gasteiger partial charge in [-0.05, 0) is 38.3 Å². The third-order valence-corrected chi connectivity index (χ3v) is 4.47. The number of hydrogen-bond acceptors (Lipinski definition) is 3. The number of aryl methyl sites for hydroxylation is 1. The summed E-state index contributed by atoms with van der Waals surface area (Å²) in [5.41, 5.74) is -2.16. The minimum atomic E-state index is -4.80. The number of nitrogens with zero attached hydrogens (tertiary/aromatic N) is 2. The van der Waals surface area contributed by atoms with Gasteiger partial charge < -0.3 is 14.7 Å². The van der Waals surface area contributed by atoms with E-state index < -0.39 is 18.2 Å². The second-order valence-corrected chi connectivity index (χ2v) is 6.47. The Labute approximate surface area is 153 Å². The lowest BCUT2D eigenvalue weighted by molar-refractivity contribution is -0.270. The molecule has 0 heterocycles. The van der Waals surface area contributed by atoms with E-state index in [-0.39, 0.29) is 17.7 Å². The van der Waals surface area contributed by atoms with Gasteiger partial charge in [-0.3, -0.25) is 0 Å². The monoisotopic (exact) mass is 374 g/mol. The normalized spacial score (nSPS) is 14.5. The second kappa shape index (κ2) is 9.26. The van der Waals surface area contributed by atoms with E-state index in [1.807, 2.05) is 25.8 Å². The van der Waals surface area contributed by atoms with Gasteiger partial charge in [0.2, 0.25) is 0 Å². The molecule has 0 aromatic heterocycles. The van der Waals surface area contributed by atoms with E-state index in [4.69, 9.17) is 4.74 Å². The smallest absolute Gasteiger partial charge is 0.421 e. The first-order chi connectivity index (χ1) is 12.1. The fraction of sp³-hybridized carbons (Fsp3) is 0.632. The average Bonchev–Trinajstić information content (AvgIpc) is 2.59. The lowest BCUT2D eigenvalue weighted by atomic mass is 9.85. The minimum absolute atomic E-state index is 0.0155. The molecule has 0 spiro atoms. The van der Waals surface area contributed by atoms with Crippen molar-refractivity contribution in [1.82, 2.24) is 4.90 Å². The van der Waals surface area contributed by atoms with Crippen LogP contribution in [-0.4, -0.2) is 43.2 Å². The van der Waals surface area contributed by atoms with Crippen molar-refractivity contribution in [2.75, 3.05) is 20.7 Å². The minimum Gasteiger partial charge on any atom is -0.496 e. The molecule has 1 aromatic rings. The molecule has 1 rings (SSSR count). The summed E-state index contributed by atoms with van der Waals surface area (Å²) < 4.78 is 46.3. The molecule has 0 aliphatic carbocycles. The SMILES string of the molecule is CCCCCC(O)(c1cc(C)c(N=CN(C)CC)cc1OC)C(F)(F)F. The maximum absolute atomic E-state index is 13.7. The lowest BCUT2D eigenvalue weighted by Gasteiger charge is -2.32. The Morgan fingerprint density at radius 2 is 1.88 bits per heavy atom. The molecule has 0 amide bonds. The second-order valence-electron chi connectivity index (χ2n) is 6.47. The Kier molecular flexibility index (Phi) is 7.93. The summed E-state index contributed by atoms with van der Waals surface area (Å²) in [6.45, 7) is 6.28. The number of hydrogen-bond donors (Lipinski definition) is 1. The molecule has 0 fully saturated rings. The number of unbranched alkanes of at least 4 members (excludes halogenated alkanes) is 2. The maximum Gasteiger partial charge on any atom is 0.421 e. The van der Waals surface area contributed by atoms with Gasteiger partial charge in [-0.25, -0.2) is 4.99 Å². The Morgan fingerprint density at radius 1 is 1.23 bits per heavy atom. The van der Waals surface area contributed by atoms with Crippen molar-refractivity contribution in [3.8, 4) is 5.75 Å². The van der Waals surface area contributed by atoms with Crippen LogP contribution in [0, 0.1) is 6.92 Å². The van der Waals surface area contributed by atoms with Gasteiger partial charge in [0, 0.05) is 25.2 Å². The Bertz CT molecular complexity index is 618. The van der Waals surface area contributed by atoms with Crippen LogP contribution in [0.4, 0.5) is 18.9 Å². The molecule has 1 atom stereocenters. The average molecular weight is 374 g/mol. The van der Waals surface area contributed by atoms with Crippen LogP contribution >= 0.6 is 0 Å². The van der Waals surface area contributed by atoms with E-state index >= 15 is 0 Å². The topological polar surface area (TPSA) is 45.1 Å². The number of aliphatic hydroxyl groups is 1. The van der Waals surface area contributed by atoms with E-state index in [1.54, 1.807) is 13.3 Å². The quantitative estimate of drug-likeness (QED) is 0.378. The third-order valence-electron chi connectivity index (χ3n) is 4.47. The van der Waals surface area contributed by atoms with Crippen LogP contribution in [0.2, 0.25) is 0 Å². The van der Waals surface area contributed by atoms with E-state index in [0.29, 0.717) is 17.7 Å². The van der Waals surface area contributed by atoms with Crippen LogP contribution in [-0.2, 0) is 5.60 Å². The standard InChI is InChI=1S/C19H29F3N2O2/c1-6-8-9-10-18(25,19(20,21)22)15-11-14(3)16(12-17(15)26-5)23-13-24(4)7-2/h11-13,25H,6-10H2,1-5H3. The summed E-state index contributed by atoms with van der Waals surface area (Å²) in [5.74, 6) is -0.0155. The van der Waals surface area contributed by atoms with Crippen LogP contribution in [0.1, 0.15) is 50.7 Å². The first-order valence-electron chi connectivity index (χ1n) is 8.83. The van der Waals surface area contributed by atoms with E-state index in [9.17, 15) is 18.3 Å². The zero-order valence-electron chi connectivity index (χ0n) is 16.2. The van der Waals surface area contributed by atoms with Gasteiger partial charge >= 0.3 is 6.18 Å². The van der Waals surface area contributed by atoms with Gasteiger partial charge in [-0.1, -0.05) is 19.8 Å². The van der Waals surface area contributed by atoms with Crippen molar-refractivity contribution in [1.29, 1.82) is 0 Å². The van der Waals surface area contributed by atoms with Crippen LogP contribution in [0.15, 0.2) is 17.1 Å². The molecule has 4 nitrogen and oxygen atoms in total. The summed E-state index contributed by atoms with van der Waals surface area (Å²) in [7, 11) is 3.14. The van der Waals surface area contributed by atoms with E-state index in [2.05, 4.69) is 4.99 Å². The number of alkyl halides is 3. The van der Waals surface area contributed by atoms with Crippen molar-refractivity contribution in [2.24, 2.45) is 4.99 Å². The Morgan fingerprint density at radius 3 is 2.38 bits per heavy atom. The largest absolute Gasteiger partial charge is 0.496 e. The molecule has 0 radical (unpaired) electrons. The van der Waals surface area contributed by atoms with Gasteiger partial charge in [0.1, 0.15) is 5.75 Å². The molecule has 1 unspecified atom stereocenters. The highest BCUT2D eigenvalue weighted by Gasteiger charge is 2.55. The number of benzene rings is 1.